The van der Waals surface area contributed by atoms with Crippen LogP contribution < -0.4 is 5.32 Å². The Labute approximate surface area is 211 Å². The smallest absolute Gasteiger partial charge is 0.273 e. The van der Waals surface area contributed by atoms with Crippen LogP contribution in [-0.2, 0) is 19.6 Å². The van der Waals surface area contributed by atoms with E-state index in [0.29, 0.717) is 29.4 Å². The summed E-state index contributed by atoms with van der Waals surface area (Å²) in [7, 11) is 0. The van der Waals surface area contributed by atoms with Crippen LogP contribution in [0.3, 0.4) is 0 Å². The molecule has 0 radical (unpaired) electrons. The van der Waals surface area contributed by atoms with Gasteiger partial charge in [-0.15, -0.1) is 11.3 Å². The summed E-state index contributed by atoms with van der Waals surface area (Å²) in [6.45, 7) is 2.85. The van der Waals surface area contributed by atoms with Crippen molar-refractivity contribution in [2.45, 2.75) is 26.6 Å². The number of benzene rings is 2. The Bertz CT molecular complexity index is 1290. The monoisotopic (exact) mass is 513 g/mol. The van der Waals surface area contributed by atoms with Gasteiger partial charge >= 0.3 is 0 Å². The van der Waals surface area contributed by atoms with Gasteiger partial charge in [0.2, 0.25) is 0 Å². The Hall–Kier alpha value is -3.13. The molecular weight excluding hydrogens is 493 g/mol. The van der Waals surface area contributed by atoms with Gasteiger partial charge in [0.05, 0.1) is 23.7 Å². The average Bonchev–Trinajstić information content (AvgIpc) is 3.50. The van der Waals surface area contributed by atoms with E-state index >= 15 is 0 Å². The Morgan fingerprint density at radius 1 is 1.06 bits per heavy atom. The van der Waals surface area contributed by atoms with E-state index in [-0.39, 0.29) is 29.1 Å². The molecule has 0 saturated carbocycles. The van der Waals surface area contributed by atoms with Gasteiger partial charge in [-0.05, 0) is 42.1 Å². The summed E-state index contributed by atoms with van der Waals surface area (Å²) in [6.07, 6.45) is 0. The molecule has 4 aromatic rings. The molecule has 0 aliphatic rings. The van der Waals surface area contributed by atoms with E-state index in [2.05, 4.69) is 10.5 Å². The summed E-state index contributed by atoms with van der Waals surface area (Å²) in [5.74, 6) is -0.250. The number of aromatic nitrogens is 1. The zero-order chi connectivity index (χ0) is 24.1. The Morgan fingerprint density at radius 2 is 1.85 bits per heavy atom. The van der Waals surface area contributed by atoms with Crippen LogP contribution in [0.5, 0.6) is 0 Å². The average molecular weight is 514 g/mol. The lowest BCUT2D eigenvalue weighted by Gasteiger charge is -2.21. The Balaban J connectivity index is 1.47. The maximum atomic E-state index is 13.3. The first-order valence-corrected chi connectivity index (χ1v) is 12.1. The van der Waals surface area contributed by atoms with Crippen molar-refractivity contribution in [3.63, 3.8) is 0 Å². The number of hydrogen-bond acceptors (Lipinski definition) is 5. The maximum Gasteiger partial charge on any atom is 0.273 e. The highest BCUT2D eigenvalue weighted by atomic mass is 35.5. The molecule has 2 amide bonds. The molecule has 0 aliphatic heterocycles. The second kappa shape index (κ2) is 10.9. The molecule has 0 bridgehead atoms. The summed E-state index contributed by atoms with van der Waals surface area (Å²) in [6, 6.07) is 18.0. The zero-order valence-corrected chi connectivity index (χ0v) is 20.6. The molecule has 0 saturated heterocycles. The summed E-state index contributed by atoms with van der Waals surface area (Å²) < 4.78 is 5.38. The van der Waals surface area contributed by atoms with E-state index in [1.165, 1.54) is 17.4 Å². The standard InChI is InChI=1S/C25H21Cl2N3O3S/c1-16-4-6-17(7-5-16)13-28-24(31)23-12-19(33-29-23)14-30(15-20-3-2-10-34-20)25(32)21-9-8-18(26)11-22(21)27/h2-12H,13-15H2,1H3,(H,28,31). The van der Waals surface area contributed by atoms with Crippen LogP contribution in [0.1, 0.15) is 42.6 Å². The van der Waals surface area contributed by atoms with Crippen molar-refractivity contribution in [2.24, 2.45) is 0 Å². The number of amides is 2. The number of nitrogens with zero attached hydrogens (tertiary/aromatic N) is 2. The predicted octanol–water partition coefficient (Wildman–Crippen LogP) is 6.12. The molecule has 174 valence electrons. The molecule has 1 N–H and O–H groups in total. The minimum Gasteiger partial charge on any atom is -0.359 e. The first-order chi connectivity index (χ1) is 16.4. The van der Waals surface area contributed by atoms with Crippen LogP contribution in [0.2, 0.25) is 10.0 Å². The van der Waals surface area contributed by atoms with Crippen molar-refractivity contribution in [2.75, 3.05) is 0 Å². The normalized spacial score (nSPS) is 10.8. The first kappa shape index (κ1) is 24.0. The second-order valence-electron chi connectivity index (χ2n) is 7.71. The van der Waals surface area contributed by atoms with Gasteiger partial charge in [-0.3, -0.25) is 9.59 Å². The van der Waals surface area contributed by atoms with Gasteiger partial charge < -0.3 is 14.7 Å². The van der Waals surface area contributed by atoms with E-state index in [1.54, 1.807) is 23.1 Å². The minimum absolute atomic E-state index is 0.119. The Morgan fingerprint density at radius 3 is 2.56 bits per heavy atom. The highest BCUT2D eigenvalue weighted by Gasteiger charge is 2.22. The summed E-state index contributed by atoms with van der Waals surface area (Å²) >= 11 is 13.8. The number of rotatable bonds is 8. The number of nitrogens with one attached hydrogen (secondary N) is 1. The third-order valence-electron chi connectivity index (χ3n) is 5.09. The molecule has 0 aliphatic carbocycles. The van der Waals surface area contributed by atoms with Crippen LogP contribution in [0.4, 0.5) is 0 Å². The van der Waals surface area contributed by atoms with Crippen LogP contribution in [0, 0.1) is 6.92 Å². The van der Waals surface area contributed by atoms with Gasteiger partial charge in [-0.25, -0.2) is 0 Å². The van der Waals surface area contributed by atoms with Gasteiger partial charge in [-0.1, -0.05) is 64.3 Å². The van der Waals surface area contributed by atoms with E-state index in [0.717, 1.165) is 16.0 Å². The van der Waals surface area contributed by atoms with E-state index in [4.69, 9.17) is 27.7 Å². The molecule has 0 unspecified atom stereocenters. The highest BCUT2D eigenvalue weighted by Crippen LogP contribution is 2.25. The molecule has 34 heavy (non-hydrogen) atoms. The number of hydrogen-bond donors (Lipinski definition) is 1. The van der Waals surface area contributed by atoms with Crippen LogP contribution >= 0.6 is 34.5 Å². The summed E-state index contributed by atoms with van der Waals surface area (Å²) in [5.41, 5.74) is 2.61. The van der Waals surface area contributed by atoms with E-state index in [1.807, 2.05) is 48.7 Å². The molecular formula is C25H21Cl2N3O3S. The fourth-order valence-electron chi connectivity index (χ4n) is 3.28. The summed E-state index contributed by atoms with van der Waals surface area (Å²) in [4.78, 5) is 28.4. The second-order valence-corrected chi connectivity index (χ2v) is 9.59. The lowest BCUT2D eigenvalue weighted by molar-refractivity contribution is 0.0715. The molecule has 2 heterocycles. The fourth-order valence-corrected chi connectivity index (χ4v) is 4.49. The molecule has 0 fully saturated rings. The molecule has 0 spiro atoms. The topological polar surface area (TPSA) is 75.4 Å². The van der Waals surface area contributed by atoms with E-state index < -0.39 is 0 Å². The molecule has 2 aromatic carbocycles. The molecule has 2 aromatic heterocycles. The highest BCUT2D eigenvalue weighted by molar-refractivity contribution is 7.09. The zero-order valence-electron chi connectivity index (χ0n) is 18.3. The van der Waals surface area contributed by atoms with Crippen molar-refractivity contribution in [3.05, 3.63) is 109 Å². The third-order valence-corrected chi connectivity index (χ3v) is 6.50. The van der Waals surface area contributed by atoms with Crippen LogP contribution in [0.25, 0.3) is 0 Å². The van der Waals surface area contributed by atoms with E-state index in [9.17, 15) is 9.59 Å². The van der Waals surface area contributed by atoms with Gasteiger partial charge in [0, 0.05) is 22.5 Å². The maximum absolute atomic E-state index is 13.3. The number of carbonyl (C=O) groups is 2. The van der Waals surface area contributed by atoms with Crippen molar-refractivity contribution in [1.82, 2.24) is 15.4 Å². The Kier molecular flexibility index (Phi) is 7.67. The molecule has 0 atom stereocenters. The number of carbonyl (C=O) groups excluding carboxylic acids is 2. The number of thiophene rings is 1. The minimum atomic E-state index is -0.354. The van der Waals surface area contributed by atoms with Gasteiger partial charge in [0.25, 0.3) is 11.8 Å². The number of halogens is 2. The van der Waals surface area contributed by atoms with Gasteiger partial charge in [0.1, 0.15) is 0 Å². The fraction of sp³-hybridized carbons (Fsp3) is 0.160. The van der Waals surface area contributed by atoms with Gasteiger partial charge in [0.15, 0.2) is 11.5 Å². The largest absolute Gasteiger partial charge is 0.359 e. The molecule has 6 nitrogen and oxygen atoms in total. The number of aryl methyl sites for hydroxylation is 1. The van der Waals surface area contributed by atoms with Crippen molar-refractivity contribution < 1.29 is 14.1 Å². The van der Waals surface area contributed by atoms with Crippen molar-refractivity contribution in [3.8, 4) is 0 Å². The molecule has 4 rings (SSSR count). The quantitative estimate of drug-likeness (QED) is 0.307. The lowest BCUT2D eigenvalue weighted by Crippen LogP contribution is -2.30. The lowest BCUT2D eigenvalue weighted by atomic mass is 10.1. The van der Waals surface area contributed by atoms with Crippen LogP contribution in [-0.4, -0.2) is 21.9 Å². The first-order valence-electron chi connectivity index (χ1n) is 10.4. The SMILES string of the molecule is Cc1ccc(CNC(=O)c2cc(CN(Cc3cccs3)C(=O)c3ccc(Cl)cc3Cl)on2)cc1. The van der Waals surface area contributed by atoms with Crippen LogP contribution in [0.15, 0.2) is 70.6 Å². The predicted molar refractivity (Wildman–Crippen MR) is 133 cm³/mol. The van der Waals surface area contributed by atoms with Gasteiger partial charge in [-0.2, -0.15) is 0 Å². The molecule has 9 heteroatoms. The van der Waals surface area contributed by atoms with Crippen molar-refractivity contribution >= 4 is 46.4 Å². The third kappa shape index (κ3) is 6.05. The summed E-state index contributed by atoms with van der Waals surface area (Å²) in [5, 5.41) is 9.37. The van der Waals surface area contributed by atoms with Crippen molar-refractivity contribution in [1.29, 1.82) is 0 Å².